The van der Waals surface area contributed by atoms with Gasteiger partial charge in [-0.15, -0.1) is 0 Å². The van der Waals surface area contributed by atoms with Gasteiger partial charge in [0.25, 0.3) is 11.5 Å². The third-order valence-corrected chi connectivity index (χ3v) is 6.22. The van der Waals surface area contributed by atoms with Gasteiger partial charge in [-0.05, 0) is 70.7 Å². The molecule has 0 aliphatic heterocycles. The van der Waals surface area contributed by atoms with Crippen molar-refractivity contribution in [2.24, 2.45) is 0 Å². The molecule has 0 fully saturated rings. The second-order valence-corrected chi connectivity index (χ2v) is 9.03. The quantitative estimate of drug-likeness (QED) is 0.356. The van der Waals surface area contributed by atoms with Crippen LogP contribution in [0.4, 0.5) is 9.18 Å². The van der Waals surface area contributed by atoms with Crippen LogP contribution in [0.5, 0.6) is 5.88 Å². The number of nitrogens with one attached hydrogen (secondary N) is 1. The Kier molecular flexibility index (Phi) is 9.00. The van der Waals surface area contributed by atoms with E-state index in [2.05, 4.69) is 26.2 Å². The van der Waals surface area contributed by atoms with Crippen LogP contribution in [0.2, 0.25) is 0 Å². The number of nitrogens with zero attached hydrogens (tertiary/aromatic N) is 3. The number of carbonyl (C=O) groups excluding carboxylic acids is 1. The van der Waals surface area contributed by atoms with Crippen molar-refractivity contribution in [1.82, 2.24) is 19.8 Å². The lowest BCUT2D eigenvalue weighted by Gasteiger charge is -2.18. The number of aromatic nitrogens is 2. The molecular formula is C25H26BrFN4O6. The first-order chi connectivity index (χ1) is 17.5. The van der Waals surface area contributed by atoms with E-state index < -0.39 is 23.4 Å². The molecule has 0 atom stereocenters. The molecule has 196 valence electrons. The van der Waals surface area contributed by atoms with Gasteiger partial charge in [0, 0.05) is 25.7 Å². The van der Waals surface area contributed by atoms with Crippen molar-refractivity contribution in [3.05, 3.63) is 85.1 Å². The lowest BCUT2D eigenvalue weighted by atomic mass is 10.1. The second kappa shape index (κ2) is 12.0. The Labute approximate surface area is 220 Å². The van der Waals surface area contributed by atoms with E-state index in [-0.39, 0.29) is 36.7 Å². The van der Waals surface area contributed by atoms with Crippen molar-refractivity contribution in [2.75, 3.05) is 20.2 Å². The van der Waals surface area contributed by atoms with Gasteiger partial charge < -0.3 is 25.2 Å². The van der Waals surface area contributed by atoms with E-state index in [1.165, 1.54) is 29.8 Å². The van der Waals surface area contributed by atoms with Crippen LogP contribution in [0.25, 0.3) is 5.69 Å². The molecule has 12 heteroatoms. The average Bonchev–Trinajstić information content (AvgIpc) is 2.85. The molecule has 0 bridgehead atoms. The molecule has 3 aromatic rings. The number of amides is 2. The highest BCUT2D eigenvalue weighted by molar-refractivity contribution is 9.10. The van der Waals surface area contributed by atoms with Crippen molar-refractivity contribution in [3.8, 4) is 11.6 Å². The van der Waals surface area contributed by atoms with Crippen molar-refractivity contribution < 1.29 is 28.9 Å². The minimum atomic E-state index is -1.16. The van der Waals surface area contributed by atoms with Gasteiger partial charge in [0.05, 0.1) is 12.3 Å². The average molecular weight is 577 g/mol. The molecule has 0 saturated carbocycles. The molecule has 2 aromatic carbocycles. The summed E-state index contributed by atoms with van der Waals surface area (Å²) in [5.74, 6) is -0.603. The second-order valence-electron chi connectivity index (χ2n) is 8.24. The number of carboxylic acid groups (broad SMARTS) is 1. The topological polar surface area (TPSA) is 134 Å². The number of hydrogen-bond acceptors (Lipinski definition) is 6. The number of benzene rings is 2. The zero-order chi connectivity index (χ0) is 27.3. The summed E-state index contributed by atoms with van der Waals surface area (Å²) in [5, 5.41) is 20.7. The molecule has 1 aromatic heterocycles. The van der Waals surface area contributed by atoms with E-state index in [9.17, 15) is 18.8 Å². The fraction of sp³-hybridized carbons (Fsp3) is 0.280. The van der Waals surface area contributed by atoms with E-state index in [1.807, 2.05) is 0 Å². The number of aliphatic hydroxyl groups excluding tert-OH is 1. The molecular weight excluding hydrogens is 551 g/mol. The Hall–Kier alpha value is -3.77. The van der Waals surface area contributed by atoms with E-state index in [1.54, 1.807) is 32.0 Å². The van der Waals surface area contributed by atoms with E-state index in [0.29, 0.717) is 28.2 Å². The lowest BCUT2D eigenvalue weighted by molar-refractivity contribution is 0.0944. The van der Waals surface area contributed by atoms with Crippen LogP contribution < -0.4 is 15.6 Å². The number of ether oxygens (including phenoxy) is 1. The highest BCUT2D eigenvalue weighted by atomic mass is 79.9. The van der Waals surface area contributed by atoms with Crippen molar-refractivity contribution in [2.45, 2.75) is 27.0 Å². The summed E-state index contributed by atoms with van der Waals surface area (Å²) in [6.45, 7) is 3.17. The van der Waals surface area contributed by atoms with Crippen LogP contribution >= 0.6 is 15.9 Å². The van der Waals surface area contributed by atoms with Gasteiger partial charge in [-0.3, -0.25) is 14.2 Å². The third kappa shape index (κ3) is 6.52. The predicted molar refractivity (Wildman–Crippen MR) is 137 cm³/mol. The number of carbonyl (C=O) groups is 2. The molecule has 3 rings (SSSR count). The standard InChI is InChI=1S/C25H26BrFN4O6/c1-14-4-5-16(22(33)28-8-9-32)11-20(14)31-15(2)29-23(21(26)24(31)34)37-13-17-6-7-19(27)10-18(17)12-30(3)25(35)36/h4-7,10-11,32H,8-9,12-13H2,1-3H3,(H,28,33)(H,35,36). The Balaban J connectivity index is 1.93. The molecule has 10 nitrogen and oxygen atoms in total. The Morgan fingerprint density at radius 2 is 1.92 bits per heavy atom. The van der Waals surface area contributed by atoms with E-state index >= 15 is 0 Å². The number of aryl methyl sites for hydroxylation is 2. The van der Waals surface area contributed by atoms with Gasteiger partial charge >= 0.3 is 6.09 Å². The predicted octanol–water partition coefficient (Wildman–Crippen LogP) is 3.16. The zero-order valence-electron chi connectivity index (χ0n) is 20.4. The van der Waals surface area contributed by atoms with Crippen molar-refractivity contribution >= 4 is 27.9 Å². The molecule has 0 aliphatic carbocycles. The molecule has 3 N–H and O–H groups in total. The number of halogens is 2. The first kappa shape index (κ1) is 27.8. The summed E-state index contributed by atoms with van der Waals surface area (Å²) in [5.41, 5.74) is 1.97. The molecule has 2 amide bonds. The maximum absolute atomic E-state index is 13.8. The summed E-state index contributed by atoms with van der Waals surface area (Å²) >= 11 is 3.26. The highest BCUT2D eigenvalue weighted by Crippen LogP contribution is 2.24. The minimum absolute atomic E-state index is 0.00936. The van der Waals surface area contributed by atoms with Crippen LogP contribution in [-0.2, 0) is 13.2 Å². The maximum Gasteiger partial charge on any atom is 0.407 e. The van der Waals surface area contributed by atoms with Crippen LogP contribution in [0, 0.1) is 19.7 Å². The minimum Gasteiger partial charge on any atom is -0.472 e. The summed E-state index contributed by atoms with van der Waals surface area (Å²) < 4.78 is 21.0. The van der Waals surface area contributed by atoms with Crippen molar-refractivity contribution in [3.63, 3.8) is 0 Å². The lowest BCUT2D eigenvalue weighted by Crippen LogP contribution is -2.28. The first-order valence-electron chi connectivity index (χ1n) is 11.2. The Morgan fingerprint density at radius 3 is 2.59 bits per heavy atom. The van der Waals surface area contributed by atoms with Gasteiger partial charge in [-0.1, -0.05) is 12.1 Å². The molecule has 0 aliphatic rings. The normalized spacial score (nSPS) is 10.8. The summed E-state index contributed by atoms with van der Waals surface area (Å²) in [4.78, 5) is 42.3. The third-order valence-electron chi connectivity index (χ3n) is 5.54. The number of hydrogen-bond donors (Lipinski definition) is 3. The number of rotatable bonds is 9. The van der Waals surface area contributed by atoms with Gasteiger partial charge in [0.1, 0.15) is 22.7 Å². The van der Waals surface area contributed by atoms with Crippen LogP contribution in [-0.4, -0.2) is 56.9 Å². The molecule has 0 saturated heterocycles. The number of aliphatic hydroxyl groups is 1. The smallest absolute Gasteiger partial charge is 0.407 e. The Morgan fingerprint density at radius 1 is 1.19 bits per heavy atom. The highest BCUT2D eigenvalue weighted by Gasteiger charge is 2.19. The van der Waals surface area contributed by atoms with E-state index in [0.717, 1.165) is 10.5 Å². The Bertz CT molecular complexity index is 1390. The fourth-order valence-electron chi connectivity index (χ4n) is 3.58. The first-order valence-corrected chi connectivity index (χ1v) is 12.0. The van der Waals surface area contributed by atoms with Crippen LogP contribution in [0.15, 0.2) is 45.7 Å². The summed E-state index contributed by atoms with van der Waals surface area (Å²) in [6, 6.07) is 8.84. The van der Waals surface area contributed by atoms with Gasteiger partial charge in [0.15, 0.2) is 0 Å². The molecule has 1 heterocycles. The van der Waals surface area contributed by atoms with Gasteiger partial charge in [0.2, 0.25) is 5.88 Å². The fourth-order valence-corrected chi connectivity index (χ4v) is 3.96. The molecule has 37 heavy (non-hydrogen) atoms. The monoisotopic (exact) mass is 576 g/mol. The SMILES string of the molecule is Cc1ccc(C(=O)NCCO)cc1-n1c(C)nc(OCc2ccc(F)cc2CN(C)C(=O)O)c(Br)c1=O. The molecule has 0 radical (unpaired) electrons. The van der Waals surface area contributed by atoms with E-state index in [4.69, 9.17) is 14.9 Å². The zero-order valence-corrected chi connectivity index (χ0v) is 22.0. The van der Waals surface area contributed by atoms with Crippen molar-refractivity contribution in [1.29, 1.82) is 0 Å². The maximum atomic E-state index is 13.8. The molecule has 0 spiro atoms. The van der Waals surface area contributed by atoms with Gasteiger partial charge in [-0.2, -0.15) is 4.98 Å². The summed E-state index contributed by atoms with van der Waals surface area (Å²) in [6.07, 6.45) is -1.16. The largest absolute Gasteiger partial charge is 0.472 e. The summed E-state index contributed by atoms with van der Waals surface area (Å²) in [7, 11) is 1.37. The van der Waals surface area contributed by atoms with Gasteiger partial charge in [-0.25, -0.2) is 9.18 Å². The van der Waals surface area contributed by atoms with Crippen LogP contribution in [0.3, 0.4) is 0 Å². The molecule has 0 unspecified atom stereocenters. The van der Waals surface area contributed by atoms with Crippen LogP contribution in [0.1, 0.15) is 32.9 Å².